The lowest BCUT2D eigenvalue weighted by atomic mass is 10.1. The molecule has 0 amide bonds. The Balaban J connectivity index is 2.14. The van der Waals surface area contributed by atoms with E-state index in [1.165, 1.54) is 32.1 Å². The third-order valence-corrected chi connectivity index (χ3v) is 3.34. The van der Waals surface area contributed by atoms with Gasteiger partial charge >= 0.3 is 0 Å². The predicted molar refractivity (Wildman–Crippen MR) is 67.3 cm³/mol. The van der Waals surface area contributed by atoms with Crippen LogP contribution in [0.5, 0.6) is 0 Å². The minimum Gasteiger partial charge on any atom is -0.314 e. The summed E-state index contributed by atoms with van der Waals surface area (Å²) < 4.78 is 0. The Kier molecular flexibility index (Phi) is 7.43. The maximum Gasteiger partial charge on any atom is 0.200 e. The fourth-order valence-electron chi connectivity index (χ4n) is 2.31. The van der Waals surface area contributed by atoms with Crippen molar-refractivity contribution in [1.29, 1.82) is 0 Å². The highest BCUT2D eigenvalue weighted by molar-refractivity contribution is 5.51. The molecule has 0 bridgehead atoms. The van der Waals surface area contributed by atoms with E-state index in [4.69, 9.17) is 0 Å². The average Bonchev–Trinajstić information content (AvgIpc) is 2.31. The van der Waals surface area contributed by atoms with E-state index >= 15 is 0 Å². The topological polar surface area (TPSA) is 32.3 Å². The number of unbranched alkanes of at least 4 members (excludes halogenated alkanes) is 4. The van der Waals surface area contributed by atoms with Crippen LogP contribution in [0.3, 0.4) is 0 Å². The molecule has 1 heterocycles. The summed E-state index contributed by atoms with van der Waals surface area (Å²) in [5.41, 5.74) is 0. The molecule has 0 saturated carbocycles. The number of piperazine rings is 1. The molecule has 1 aliphatic rings. The number of nitrogens with zero attached hydrogens (tertiary/aromatic N) is 1. The largest absolute Gasteiger partial charge is 0.314 e. The fraction of sp³-hybridized carbons (Fsp3) is 0.923. The molecule has 1 aliphatic heterocycles. The molecule has 3 heteroatoms. The van der Waals surface area contributed by atoms with E-state index in [1.54, 1.807) is 0 Å². The first-order chi connectivity index (χ1) is 7.88. The van der Waals surface area contributed by atoms with Crippen LogP contribution in [0.4, 0.5) is 0 Å². The SMILES string of the molecule is CCCCCCCN1CCNCC1C[C]=O. The number of rotatable bonds is 8. The van der Waals surface area contributed by atoms with Crippen LogP contribution >= 0.6 is 0 Å². The Labute approximate surface area is 99.6 Å². The second-order valence-corrected chi connectivity index (χ2v) is 4.66. The number of carbonyl (C=O) groups excluding carboxylic acids is 1. The number of nitrogens with one attached hydrogen (secondary N) is 1. The Hall–Kier alpha value is -0.410. The summed E-state index contributed by atoms with van der Waals surface area (Å²) in [4.78, 5) is 12.9. The lowest BCUT2D eigenvalue weighted by Gasteiger charge is -2.35. The van der Waals surface area contributed by atoms with Crippen LogP contribution in [-0.4, -0.2) is 43.4 Å². The van der Waals surface area contributed by atoms with Gasteiger partial charge in [-0.25, -0.2) is 0 Å². The van der Waals surface area contributed by atoms with Crippen LogP contribution in [0, 0.1) is 0 Å². The van der Waals surface area contributed by atoms with E-state index in [1.807, 2.05) is 6.29 Å². The molecule has 1 atom stereocenters. The summed E-state index contributed by atoms with van der Waals surface area (Å²) in [5.74, 6) is 0. The molecule has 1 unspecified atom stereocenters. The molecule has 3 nitrogen and oxygen atoms in total. The van der Waals surface area contributed by atoms with Gasteiger partial charge in [-0.05, 0) is 13.0 Å². The van der Waals surface area contributed by atoms with Gasteiger partial charge in [-0.3, -0.25) is 9.69 Å². The van der Waals surface area contributed by atoms with Crippen molar-refractivity contribution in [3.8, 4) is 0 Å². The normalized spacial score (nSPS) is 22.2. The zero-order valence-electron chi connectivity index (χ0n) is 10.5. The third-order valence-electron chi connectivity index (χ3n) is 3.34. The van der Waals surface area contributed by atoms with Crippen molar-refractivity contribution in [2.45, 2.75) is 51.5 Å². The van der Waals surface area contributed by atoms with Crippen molar-refractivity contribution in [1.82, 2.24) is 10.2 Å². The van der Waals surface area contributed by atoms with Gasteiger partial charge in [0.05, 0.1) is 0 Å². The van der Waals surface area contributed by atoms with Gasteiger partial charge in [0.1, 0.15) is 0 Å². The van der Waals surface area contributed by atoms with E-state index in [-0.39, 0.29) is 0 Å². The Bertz CT molecular complexity index is 185. The summed E-state index contributed by atoms with van der Waals surface area (Å²) in [6, 6.07) is 0.387. The Morgan fingerprint density at radius 1 is 1.31 bits per heavy atom. The fourth-order valence-corrected chi connectivity index (χ4v) is 2.31. The van der Waals surface area contributed by atoms with Gasteiger partial charge in [0.2, 0.25) is 0 Å². The van der Waals surface area contributed by atoms with E-state index in [0.717, 1.165) is 26.2 Å². The van der Waals surface area contributed by atoms with Crippen molar-refractivity contribution < 1.29 is 4.79 Å². The van der Waals surface area contributed by atoms with Gasteiger partial charge in [0.25, 0.3) is 0 Å². The minimum absolute atomic E-state index is 0.387. The first kappa shape index (κ1) is 13.7. The van der Waals surface area contributed by atoms with Crippen LogP contribution in [0.15, 0.2) is 0 Å². The summed E-state index contributed by atoms with van der Waals surface area (Å²) in [6.45, 7) is 6.48. The van der Waals surface area contributed by atoms with Crippen LogP contribution < -0.4 is 5.32 Å². The van der Waals surface area contributed by atoms with Crippen LogP contribution in [0.2, 0.25) is 0 Å². The first-order valence-corrected chi connectivity index (χ1v) is 6.68. The maximum absolute atomic E-state index is 10.5. The molecule has 93 valence electrons. The number of hydrogen-bond acceptors (Lipinski definition) is 3. The van der Waals surface area contributed by atoms with Gasteiger partial charge in [-0.2, -0.15) is 0 Å². The molecule has 1 rings (SSSR count). The predicted octanol–water partition coefficient (Wildman–Crippen LogP) is 1.73. The molecule has 0 aromatic heterocycles. The van der Waals surface area contributed by atoms with Gasteiger partial charge in [-0.1, -0.05) is 32.6 Å². The first-order valence-electron chi connectivity index (χ1n) is 6.68. The average molecular weight is 225 g/mol. The highest BCUT2D eigenvalue weighted by Gasteiger charge is 2.20. The monoisotopic (exact) mass is 225 g/mol. The molecular weight excluding hydrogens is 200 g/mol. The molecule has 1 saturated heterocycles. The van der Waals surface area contributed by atoms with E-state index in [2.05, 4.69) is 17.1 Å². The lowest BCUT2D eigenvalue weighted by molar-refractivity contribution is 0.161. The number of hydrogen-bond donors (Lipinski definition) is 1. The van der Waals surface area contributed by atoms with Gasteiger partial charge in [-0.15, -0.1) is 0 Å². The molecule has 1 N–H and O–H groups in total. The molecule has 0 spiro atoms. The second kappa shape index (κ2) is 8.71. The van der Waals surface area contributed by atoms with Gasteiger partial charge < -0.3 is 5.32 Å². The lowest BCUT2D eigenvalue weighted by Crippen LogP contribution is -2.51. The van der Waals surface area contributed by atoms with E-state index in [9.17, 15) is 4.79 Å². The summed E-state index contributed by atoms with van der Waals surface area (Å²) in [5, 5.41) is 3.34. The maximum atomic E-state index is 10.5. The smallest absolute Gasteiger partial charge is 0.200 e. The van der Waals surface area contributed by atoms with Crippen molar-refractivity contribution in [2.24, 2.45) is 0 Å². The molecule has 1 radical (unpaired) electrons. The van der Waals surface area contributed by atoms with Crippen LogP contribution in [0.25, 0.3) is 0 Å². The zero-order valence-corrected chi connectivity index (χ0v) is 10.5. The Morgan fingerprint density at radius 2 is 2.12 bits per heavy atom. The third kappa shape index (κ3) is 5.08. The summed E-state index contributed by atoms with van der Waals surface area (Å²) in [6.07, 6.45) is 9.22. The van der Waals surface area contributed by atoms with E-state index in [0.29, 0.717) is 12.5 Å². The van der Waals surface area contributed by atoms with Crippen LogP contribution in [0.1, 0.15) is 45.4 Å². The zero-order chi connectivity index (χ0) is 11.6. The summed E-state index contributed by atoms with van der Waals surface area (Å²) >= 11 is 0. The summed E-state index contributed by atoms with van der Waals surface area (Å²) in [7, 11) is 0. The quantitative estimate of drug-likeness (QED) is 0.639. The standard InChI is InChI=1S/C13H25N2O/c1-2-3-4-5-6-9-15-10-8-14-12-13(15)7-11-16/h13-14H,2-10,12H2,1H3. The van der Waals surface area contributed by atoms with Crippen molar-refractivity contribution in [2.75, 3.05) is 26.2 Å². The highest BCUT2D eigenvalue weighted by Crippen LogP contribution is 2.09. The molecule has 16 heavy (non-hydrogen) atoms. The highest BCUT2D eigenvalue weighted by atomic mass is 16.1. The van der Waals surface area contributed by atoms with E-state index < -0.39 is 0 Å². The van der Waals surface area contributed by atoms with Gasteiger partial charge in [0.15, 0.2) is 6.29 Å². The molecule has 0 aliphatic carbocycles. The second-order valence-electron chi connectivity index (χ2n) is 4.66. The Morgan fingerprint density at radius 3 is 2.88 bits per heavy atom. The van der Waals surface area contributed by atoms with Crippen LogP contribution in [-0.2, 0) is 4.79 Å². The van der Waals surface area contributed by atoms with Crippen molar-refractivity contribution in [3.63, 3.8) is 0 Å². The van der Waals surface area contributed by atoms with Crippen molar-refractivity contribution in [3.05, 3.63) is 0 Å². The molecule has 1 fully saturated rings. The van der Waals surface area contributed by atoms with Gasteiger partial charge in [0, 0.05) is 32.1 Å². The minimum atomic E-state index is 0.387. The molecular formula is C13H25N2O. The molecule has 0 aromatic carbocycles. The van der Waals surface area contributed by atoms with Crippen molar-refractivity contribution >= 4 is 6.29 Å². The molecule has 0 aromatic rings.